The van der Waals surface area contributed by atoms with Crippen LogP contribution in [0.3, 0.4) is 0 Å². The monoisotopic (exact) mass is 232 g/mol. The molecule has 2 aliphatic rings. The summed E-state index contributed by atoms with van der Waals surface area (Å²) in [5.41, 5.74) is 0.601. The Morgan fingerprint density at radius 3 is 1.59 bits per heavy atom. The highest BCUT2D eigenvalue weighted by atomic mass is 16.3. The van der Waals surface area contributed by atoms with Crippen molar-refractivity contribution in [3.05, 3.63) is 36.4 Å². The lowest BCUT2D eigenvalue weighted by molar-refractivity contribution is 0.0126. The zero-order chi connectivity index (χ0) is 12.5. The molecule has 17 heavy (non-hydrogen) atoms. The first kappa shape index (κ1) is 12.6. The fourth-order valence-electron chi connectivity index (χ4n) is 3.55. The summed E-state index contributed by atoms with van der Waals surface area (Å²) in [6.07, 6.45) is 3.58. The number of aliphatic hydroxyl groups excluding tert-OH is 1. The van der Waals surface area contributed by atoms with E-state index in [4.69, 9.17) is 0 Å². The topological polar surface area (TPSA) is 20.2 Å². The molecule has 1 heteroatoms. The molecule has 1 N–H and O–H groups in total. The maximum Gasteiger partial charge on any atom is 0.0601 e. The van der Waals surface area contributed by atoms with Crippen molar-refractivity contribution in [1.82, 2.24) is 0 Å². The van der Waals surface area contributed by atoms with Crippen molar-refractivity contribution in [3.63, 3.8) is 0 Å². The summed E-state index contributed by atoms with van der Waals surface area (Å²) >= 11 is 0. The smallest absolute Gasteiger partial charge is 0.0601 e. The third-order valence-corrected chi connectivity index (χ3v) is 5.41. The summed E-state index contributed by atoms with van der Waals surface area (Å²) < 4.78 is 0. The molecule has 2 aliphatic carbocycles. The number of hydrogen-bond donors (Lipinski definition) is 1. The van der Waals surface area contributed by atoms with Crippen molar-refractivity contribution in [1.29, 1.82) is 0 Å². The van der Waals surface area contributed by atoms with Gasteiger partial charge in [-0.2, -0.15) is 0 Å². The van der Waals surface area contributed by atoms with Crippen LogP contribution in [-0.4, -0.2) is 11.2 Å². The molecular formula is C16H24O. The number of fused-ring (bicyclic) bond motifs is 2. The standard InChI is InChI=1S/C10H18O.C6H6/c1-9(2)7-4-5-10(9,3)8(11)6-7;1-2-4-6-5-3-1/h7-8,11H,4-6H2,1-3H3;1-6H/t7-,8+,10-;/m1./s1. The maximum atomic E-state index is 9.81. The Labute approximate surface area is 105 Å². The first-order valence-corrected chi connectivity index (χ1v) is 6.66. The minimum absolute atomic E-state index is 0.0313. The number of rotatable bonds is 0. The van der Waals surface area contributed by atoms with Crippen LogP contribution in [-0.2, 0) is 0 Å². The molecule has 0 amide bonds. The average molecular weight is 232 g/mol. The van der Waals surface area contributed by atoms with Gasteiger partial charge in [0.1, 0.15) is 0 Å². The predicted molar refractivity (Wildman–Crippen MR) is 71.7 cm³/mol. The first-order chi connectivity index (χ1) is 7.98. The zero-order valence-electron chi connectivity index (χ0n) is 11.2. The Morgan fingerprint density at radius 1 is 0.941 bits per heavy atom. The van der Waals surface area contributed by atoms with E-state index in [2.05, 4.69) is 20.8 Å². The molecule has 1 aromatic rings. The van der Waals surface area contributed by atoms with Crippen molar-refractivity contribution < 1.29 is 5.11 Å². The normalized spacial score (nSPS) is 37.4. The molecule has 0 spiro atoms. The van der Waals surface area contributed by atoms with Crippen LogP contribution in [0.1, 0.15) is 40.0 Å². The molecule has 2 fully saturated rings. The highest BCUT2D eigenvalue weighted by Crippen LogP contribution is 2.65. The molecule has 0 aliphatic heterocycles. The van der Waals surface area contributed by atoms with Crippen molar-refractivity contribution >= 4 is 0 Å². The highest BCUT2D eigenvalue weighted by Gasteiger charge is 2.60. The van der Waals surface area contributed by atoms with Gasteiger partial charge >= 0.3 is 0 Å². The zero-order valence-corrected chi connectivity index (χ0v) is 11.2. The molecular weight excluding hydrogens is 208 g/mol. The molecule has 0 aromatic heterocycles. The lowest BCUT2D eigenvalue weighted by Gasteiger charge is -2.36. The Bertz CT molecular complexity index is 330. The van der Waals surface area contributed by atoms with E-state index in [1.54, 1.807) is 0 Å². The van der Waals surface area contributed by atoms with Gasteiger partial charge in [-0.1, -0.05) is 57.2 Å². The van der Waals surface area contributed by atoms with Crippen LogP contribution in [0, 0.1) is 16.7 Å². The van der Waals surface area contributed by atoms with E-state index in [9.17, 15) is 5.11 Å². The van der Waals surface area contributed by atoms with Gasteiger partial charge in [0.25, 0.3) is 0 Å². The third-order valence-electron chi connectivity index (χ3n) is 5.41. The molecule has 2 saturated carbocycles. The van der Waals surface area contributed by atoms with Crippen molar-refractivity contribution in [2.45, 2.75) is 46.1 Å². The first-order valence-electron chi connectivity index (χ1n) is 6.66. The molecule has 0 unspecified atom stereocenters. The second-order valence-corrected chi connectivity index (χ2v) is 6.28. The second kappa shape index (κ2) is 4.45. The number of benzene rings is 1. The molecule has 94 valence electrons. The van der Waals surface area contributed by atoms with Gasteiger partial charge in [-0.3, -0.25) is 0 Å². The van der Waals surface area contributed by atoms with Crippen LogP contribution >= 0.6 is 0 Å². The summed E-state index contributed by atoms with van der Waals surface area (Å²) in [5.74, 6) is 0.780. The van der Waals surface area contributed by atoms with Gasteiger partial charge < -0.3 is 5.11 Å². The van der Waals surface area contributed by atoms with Crippen LogP contribution in [0.4, 0.5) is 0 Å². The van der Waals surface area contributed by atoms with Crippen LogP contribution in [0.5, 0.6) is 0 Å². The van der Waals surface area contributed by atoms with E-state index in [0.717, 1.165) is 12.3 Å². The fraction of sp³-hybridized carbons (Fsp3) is 0.625. The van der Waals surface area contributed by atoms with Gasteiger partial charge in [-0.05, 0) is 36.0 Å². The number of aliphatic hydroxyl groups is 1. The van der Waals surface area contributed by atoms with E-state index in [-0.39, 0.29) is 11.5 Å². The Hall–Kier alpha value is -0.820. The van der Waals surface area contributed by atoms with E-state index in [1.807, 2.05) is 36.4 Å². The lowest BCUT2D eigenvalue weighted by Crippen LogP contribution is -2.35. The summed E-state index contributed by atoms with van der Waals surface area (Å²) in [7, 11) is 0. The SMILES string of the molecule is CC1(C)[C@@H]2CC[C@]1(C)[C@@H](O)C2.c1ccccc1. The van der Waals surface area contributed by atoms with Gasteiger partial charge in [-0.25, -0.2) is 0 Å². The summed E-state index contributed by atoms with van der Waals surface area (Å²) in [6, 6.07) is 12.0. The second-order valence-electron chi connectivity index (χ2n) is 6.28. The van der Waals surface area contributed by atoms with Crippen molar-refractivity contribution in [2.24, 2.45) is 16.7 Å². The van der Waals surface area contributed by atoms with E-state index in [0.29, 0.717) is 5.41 Å². The molecule has 1 nitrogen and oxygen atoms in total. The van der Waals surface area contributed by atoms with Crippen LogP contribution < -0.4 is 0 Å². The molecule has 3 atom stereocenters. The summed E-state index contributed by atoms with van der Waals surface area (Å²) in [5, 5.41) is 9.81. The summed E-state index contributed by atoms with van der Waals surface area (Å²) in [4.78, 5) is 0. The average Bonchev–Trinajstić information content (AvgIpc) is 2.65. The van der Waals surface area contributed by atoms with Crippen molar-refractivity contribution in [2.75, 3.05) is 0 Å². The third kappa shape index (κ3) is 2.01. The van der Waals surface area contributed by atoms with E-state index >= 15 is 0 Å². The van der Waals surface area contributed by atoms with Gasteiger partial charge in [0.15, 0.2) is 0 Å². The Morgan fingerprint density at radius 2 is 1.41 bits per heavy atom. The molecule has 0 radical (unpaired) electrons. The van der Waals surface area contributed by atoms with Crippen molar-refractivity contribution in [3.8, 4) is 0 Å². The largest absolute Gasteiger partial charge is 0.393 e. The lowest BCUT2D eigenvalue weighted by atomic mass is 9.70. The van der Waals surface area contributed by atoms with Gasteiger partial charge in [0, 0.05) is 0 Å². The molecule has 3 rings (SSSR count). The molecule has 0 saturated heterocycles. The van der Waals surface area contributed by atoms with Gasteiger partial charge in [-0.15, -0.1) is 0 Å². The Kier molecular flexibility index (Phi) is 3.31. The molecule has 2 bridgehead atoms. The Balaban J connectivity index is 0.000000153. The van der Waals surface area contributed by atoms with E-state index in [1.165, 1.54) is 12.8 Å². The van der Waals surface area contributed by atoms with Crippen LogP contribution in [0.25, 0.3) is 0 Å². The highest BCUT2D eigenvalue weighted by molar-refractivity contribution is 5.10. The maximum absolute atomic E-state index is 9.81. The van der Waals surface area contributed by atoms with Gasteiger partial charge in [0.05, 0.1) is 6.10 Å². The minimum atomic E-state index is -0.0313. The summed E-state index contributed by atoms with van der Waals surface area (Å²) in [6.45, 7) is 6.90. The number of hydrogen-bond acceptors (Lipinski definition) is 1. The van der Waals surface area contributed by atoms with E-state index < -0.39 is 0 Å². The quantitative estimate of drug-likeness (QED) is 0.719. The predicted octanol–water partition coefficient (Wildman–Crippen LogP) is 3.88. The van der Waals surface area contributed by atoms with Crippen LogP contribution in [0.15, 0.2) is 36.4 Å². The molecule has 0 heterocycles. The fourth-order valence-corrected chi connectivity index (χ4v) is 3.55. The van der Waals surface area contributed by atoms with Gasteiger partial charge in [0.2, 0.25) is 0 Å². The molecule has 1 aromatic carbocycles. The van der Waals surface area contributed by atoms with Crippen LogP contribution in [0.2, 0.25) is 0 Å². The minimum Gasteiger partial charge on any atom is -0.393 e.